The molecule has 1 heterocycles. The van der Waals surface area contributed by atoms with Crippen LogP contribution in [0.25, 0.3) is 0 Å². The zero-order valence-corrected chi connectivity index (χ0v) is 9.80. The molecule has 1 unspecified atom stereocenters. The standard InChI is InChI=1S/C11H10BrFO2/c1-2-3-9-10(14)7-4-6(13)5-8(12)11(7)15-9/h4-5,9H,2-3H2,1H3. The van der Waals surface area contributed by atoms with Crippen LogP contribution in [0.3, 0.4) is 0 Å². The number of benzene rings is 1. The van der Waals surface area contributed by atoms with Crippen molar-refractivity contribution in [2.24, 2.45) is 0 Å². The van der Waals surface area contributed by atoms with Crippen LogP contribution in [0.2, 0.25) is 0 Å². The average molecular weight is 273 g/mol. The largest absolute Gasteiger partial charge is 0.480 e. The highest BCUT2D eigenvalue weighted by Gasteiger charge is 2.33. The van der Waals surface area contributed by atoms with Crippen LogP contribution in [0, 0.1) is 5.82 Å². The first-order valence-electron chi connectivity index (χ1n) is 4.83. The lowest BCUT2D eigenvalue weighted by Crippen LogP contribution is -2.19. The average Bonchev–Trinajstić information content (AvgIpc) is 2.47. The molecule has 1 aliphatic heterocycles. The van der Waals surface area contributed by atoms with Gasteiger partial charge in [0.05, 0.1) is 10.0 Å². The highest BCUT2D eigenvalue weighted by Crippen LogP contribution is 2.37. The normalized spacial score (nSPS) is 18.9. The van der Waals surface area contributed by atoms with Crippen LogP contribution in [0.1, 0.15) is 30.1 Å². The van der Waals surface area contributed by atoms with Crippen LogP contribution in [0.5, 0.6) is 5.75 Å². The number of rotatable bonds is 2. The first-order chi connectivity index (χ1) is 7.13. The van der Waals surface area contributed by atoms with Crippen molar-refractivity contribution in [1.29, 1.82) is 0 Å². The molecule has 1 aromatic carbocycles. The molecule has 0 saturated heterocycles. The molecule has 0 radical (unpaired) electrons. The molecule has 0 amide bonds. The minimum Gasteiger partial charge on any atom is -0.480 e. The summed E-state index contributed by atoms with van der Waals surface area (Å²) in [7, 11) is 0. The lowest BCUT2D eigenvalue weighted by Gasteiger charge is -2.07. The molecule has 0 saturated carbocycles. The summed E-state index contributed by atoms with van der Waals surface area (Å²) in [6.07, 6.45) is 1.09. The molecule has 1 aromatic rings. The summed E-state index contributed by atoms with van der Waals surface area (Å²) >= 11 is 3.19. The number of fused-ring (bicyclic) bond motifs is 1. The molecule has 0 fully saturated rings. The number of Topliss-reactive ketones (excluding diaryl/α,β-unsaturated/α-hetero) is 1. The van der Waals surface area contributed by atoms with Gasteiger partial charge in [-0.05, 0) is 34.5 Å². The first-order valence-corrected chi connectivity index (χ1v) is 5.62. The topological polar surface area (TPSA) is 26.3 Å². The Morgan fingerprint density at radius 2 is 2.27 bits per heavy atom. The minimum atomic E-state index is -0.442. The second-order valence-electron chi connectivity index (χ2n) is 3.52. The van der Waals surface area contributed by atoms with Gasteiger partial charge >= 0.3 is 0 Å². The summed E-state index contributed by atoms with van der Waals surface area (Å²) in [6.45, 7) is 1.98. The molecule has 0 aromatic heterocycles. The minimum absolute atomic E-state index is 0.118. The third-order valence-corrected chi connectivity index (χ3v) is 2.97. The molecule has 80 valence electrons. The van der Waals surface area contributed by atoms with Crippen LogP contribution < -0.4 is 4.74 Å². The van der Waals surface area contributed by atoms with Gasteiger partial charge in [0.2, 0.25) is 5.78 Å². The Balaban J connectivity index is 2.41. The predicted octanol–water partition coefficient (Wildman–Crippen LogP) is 3.33. The number of ketones is 1. The Bertz CT molecular complexity index is 417. The van der Waals surface area contributed by atoms with Gasteiger partial charge in [0, 0.05) is 0 Å². The fourth-order valence-corrected chi connectivity index (χ4v) is 2.21. The summed E-state index contributed by atoms with van der Waals surface area (Å²) < 4.78 is 19.1. The maximum Gasteiger partial charge on any atom is 0.207 e. The van der Waals surface area contributed by atoms with E-state index in [1.54, 1.807) is 0 Å². The third-order valence-electron chi connectivity index (χ3n) is 2.38. The van der Waals surface area contributed by atoms with Crippen molar-refractivity contribution in [3.63, 3.8) is 0 Å². The number of halogens is 2. The van der Waals surface area contributed by atoms with Crippen molar-refractivity contribution in [2.45, 2.75) is 25.9 Å². The Kier molecular flexibility index (Phi) is 2.78. The van der Waals surface area contributed by atoms with Crippen molar-refractivity contribution in [3.05, 3.63) is 28.0 Å². The summed E-state index contributed by atoms with van der Waals surface area (Å²) in [5.74, 6) is -0.0679. The maximum atomic E-state index is 13.1. The first kappa shape index (κ1) is 10.6. The van der Waals surface area contributed by atoms with Gasteiger partial charge in [0.1, 0.15) is 11.6 Å². The van der Waals surface area contributed by atoms with Crippen LogP contribution in [0.15, 0.2) is 16.6 Å². The van der Waals surface area contributed by atoms with Gasteiger partial charge in [-0.25, -0.2) is 4.39 Å². The van der Waals surface area contributed by atoms with Crippen LogP contribution in [-0.4, -0.2) is 11.9 Å². The van der Waals surface area contributed by atoms with Gasteiger partial charge in [-0.3, -0.25) is 4.79 Å². The highest BCUT2D eigenvalue weighted by molar-refractivity contribution is 9.10. The van der Waals surface area contributed by atoms with E-state index in [1.807, 2.05) is 6.92 Å². The van der Waals surface area contributed by atoms with Crippen molar-refractivity contribution < 1.29 is 13.9 Å². The van der Waals surface area contributed by atoms with Crippen molar-refractivity contribution in [1.82, 2.24) is 0 Å². The molecule has 2 rings (SSSR count). The van der Waals surface area contributed by atoms with E-state index >= 15 is 0 Å². The quantitative estimate of drug-likeness (QED) is 0.826. The molecule has 0 spiro atoms. The van der Waals surface area contributed by atoms with E-state index in [0.717, 1.165) is 6.42 Å². The Morgan fingerprint density at radius 1 is 1.53 bits per heavy atom. The van der Waals surface area contributed by atoms with Crippen molar-refractivity contribution >= 4 is 21.7 Å². The number of hydrogen-bond donors (Lipinski definition) is 0. The van der Waals surface area contributed by atoms with Crippen LogP contribution in [0.4, 0.5) is 4.39 Å². The van der Waals surface area contributed by atoms with E-state index in [4.69, 9.17) is 4.74 Å². The van der Waals surface area contributed by atoms with Gasteiger partial charge < -0.3 is 4.74 Å². The summed E-state index contributed by atoms with van der Waals surface area (Å²) in [4.78, 5) is 11.8. The van der Waals surface area contributed by atoms with Gasteiger partial charge in [-0.1, -0.05) is 13.3 Å². The zero-order valence-electron chi connectivity index (χ0n) is 8.22. The second kappa shape index (κ2) is 3.93. The molecular formula is C11H10BrFO2. The van der Waals surface area contributed by atoms with E-state index in [-0.39, 0.29) is 5.78 Å². The molecule has 2 nitrogen and oxygen atoms in total. The third kappa shape index (κ3) is 1.78. The van der Waals surface area contributed by atoms with E-state index in [9.17, 15) is 9.18 Å². The number of carbonyl (C=O) groups is 1. The van der Waals surface area contributed by atoms with Crippen LogP contribution >= 0.6 is 15.9 Å². The summed E-state index contributed by atoms with van der Waals surface area (Å²) in [5, 5.41) is 0. The lowest BCUT2D eigenvalue weighted by molar-refractivity contribution is 0.0844. The van der Waals surface area contributed by atoms with E-state index in [2.05, 4.69) is 15.9 Å². The molecule has 0 N–H and O–H groups in total. The Labute approximate surface area is 95.6 Å². The molecule has 15 heavy (non-hydrogen) atoms. The van der Waals surface area contributed by atoms with Crippen LogP contribution in [-0.2, 0) is 0 Å². The predicted molar refractivity (Wildman–Crippen MR) is 57.8 cm³/mol. The SMILES string of the molecule is CCCC1Oc2c(Br)cc(F)cc2C1=O. The Hall–Kier alpha value is -0.900. The molecule has 1 atom stereocenters. The molecule has 0 aliphatic carbocycles. The van der Waals surface area contributed by atoms with Gasteiger partial charge in [0.25, 0.3) is 0 Å². The van der Waals surface area contributed by atoms with Gasteiger partial charge in [0.15, 0.2) is 6.10 Å². The maximum absolute atomic E-state index is 13.1. The fourth-order valence-electron chi connectivity index (χ4n) is 1.68. The number of carbonyl (C=O) groups excluding carboxylic acids is 1. The van der Waals surface area contributed by atoms with E-state index in [1.165, 1.54) is 12.1 Å². The number of hydrogen-bond acceptors (Lipinski definition) is 2. The van der Waals surface area contributed by atoms with E-state index in [0.29, 0.717) is 22.2 Å². The second-order valence-corrected chi connectivity index (χ2v) is 4.38. The molecule has 0 bridgehead atoms. The Morgan fingerprint density at radius 3 is 2.93 bits per heavy atom. The molecule has 4 heteroatoms. The van der Waals surface area contributed by atoms with Gasteiger partial charge in [-0.2, -0.15) is 0 Å². The summed E-state index contributed by atoms with van der Waals surface area (Å²) in [5.41, 5.74) is 0.348. The lowest BCUT2D eigenvalue weighted by atomic mass is 10.1. The smallest absolute Gasteiger partial charge is 0.207 e. The molecular weight excluding hydrogens is 263 g/mol. The van der Waals surface area contributed by atoms with Crippen molar-refractivity contribution in [2.75, 3.05) is 0 Å². The monoisotopic (exact) mass is 272 g/mol. The number of ether oxygens (including phenoxy) is 1. The van der Waals surface area contributed by atoms with Crippen molar-refractivity contribution in [3.8, 4) is 5.75 Å². The molecule has 1 aliphatic rings. The zero-order chi connectivity index (χ0) is 11.0. The van der Waals surface area contributed by atoms with Gasteiger partial charge in [-0.15, -0.1) is 0 Å². The summed E-state index contributed by atoms with van der Waals surface area (Å²) in [6, 6.07) is 2.54. The van der Waals surface area contributed by atoms with E-state index < -0.39 is 11.9 Å². The fraction of sp³-hybridized carbons (Fsp3) is 0.364. The highest BCUT2D eigenvalue weighted by atomic mass is 79.9.